The van der Waals surface area contributed by atoms with Gasteiger partial charge in [0.25, 0.3) is 10.1 Å². The molecule has 1 fully saturated rings. The maximum absolute atomic E-state index is 14.7. The zero-order chi connectivity index (χ0) is 20.8. The number of hydrogen-bond acceptors (Lipinski definition) is 7. The van der Waals surface area contributed by atoms with Crippen molar-refractivity contribution in [2.24, 2.45) is 0 Å². The maximum atomic E-state index is 14.7. The lowest BCUT2D eigenvalue weighted by molar-refractivity contribution is -0.0401. The van der Waals surface area contributed by atoms with Crippen LogP contribution in [0.1, 0.15) is 11.8 Å². The second-order valence-electron chi connectivity index (χ2n) is 6.68. The van der Waals surface area contributed by atoms with E-state index in [1.54, 1.807) is 18.2 Å². The standard InChI is InChI=1S/C18H17ClFN3O5S/c1-10-2-4-11(5-3-10)29(25,26)27-8-13-15(24)14(20)18(28-13)23-7-6-12-16(19)21-9-22-17(12)23/h2-7,9,13-15,18,24H,8H2,1H3/t13-,14+,15-,18-/m1/s1. The molecule has 4 atom stereocenters. The van der Waals surface area contributed by atoms with Gasteiger partial charge in [-0.3, -0.25) is 4.18 Å². The Hall–Kier alpha value is -2.11. The van der Waals surface area contributed by atoms with Crippen molar-refractivity contribution in [1.82, 2.24) is 14.5 Å². The second kappa shape index (κ2) is 7.62. The Bertz CT molecular complexity index is 1140. The van der Waals surface area contributed by atoms with Crippen LogP contribution in [0.3, 0.4) is 0 Å². The summed E-state index contributed by atoms with van der Waals surface area (Å²) in [7, 11) is -4.08. The van der Waals surface area contributed by atoms with Gasteiger partial charge in [0, 0.05) is 6.20 Å². The highest BCUT2D eigenvalue weighted by molar-refractivity contribution is 7.86. The van der Waals surface area contributed by atoms with Gasteiger partial charge in [-0.2, -0.15) is 8.42 Å². The number of alkyl halides is 1. The van der Waals surface area contributed by atoms with Crippen LogP contribution in [0.25, 0.3) is 11.0 Å². The Morgan fingerprint density at radius 1 is 1.28 bits per heavy atom. The molecule has 154 valence electrons. The minimum absolute atomic E-state index is 0.0355. The molecule has 0 amide bonds. The Labute approximate surface area is 171 Å². The van der Waals surface area contributed by atoms with Crippen LogP contribution in [-0.2, 0) is 19.0 Å². The van der Waals surface area contributed by atoms with Gasteiger partial charge in [0.05, 0.1) is 16.9 Å². The van der Waals surface area contributed by atoms with Gasteiger partial charge in [0.2, 0.25) is 0 Å². The van der Waals surface area contributed by atoms with E-state index >= 15 is 0 Å². The molecule has 1 saturated heterocycles. The fraction of sp³-hybridized carbons (Fsp3) is 0.333. The third kappa shape index (κ3) is 3.74. The van der Waals surface area contributed by atoms with Crippen molar-refractivity contribution in [3.05, 3.63) is 53.6 Å². The van der Waals surface area contributed by atoms with E-state index in [4.69, 9.17) is 20.5 Å². The molecule has 0 aliphatic carbocycles. The topological polar surface area (TPSA) is 104 Å². The van der Waals surface area contributed by atoms with Crippen molar-refractivity contribution in [3.63, 3.8) is 0 Å². The highest BCUT2D eigenvalue weighted by Gasteiger charge is 2.46. The molecular weight excluding hydrogens is 425 g/mol. The van der Waals surface area contributed by atoms with E-state index in [1.165, 1.54) is 29.2 Å². The number of rotatable bonds is 5. The molecule has 4 rings (SSSR count). The summed E-state index contributed by atoms with van der Waals surface area (Å²) in [6, 6.07) is 7.69. The van der Waals surface area contributed by atoms with Crippen LogP contribution >= 0.6 is 11.6 Å². The molecule has 0 saturated carbocycles. The third-order valence-corrected chi connectivity index (χ3v) is 6.32. The Kier molecular flexibility index (Phi) is 5.30. The van der Waals surface area contributed by atoms with E-state index in [0.29, 0.717) is 11.0 Å². The lowest BCUT2D eigenvalue weighted by Gasteiger charge is -2.16. The van der Waals surface area contributed by atoms with Crippen LogP contribution in [0.15, 0.2) is 47.8 Å². The van der Waals surface area contributed by atoms with Crippen LogP contribution in [0.4, 0.5) is 4.39 Å². The van der Waals surface area contributed by atoms with Crippen molar-refractivity contribution in [1.29, 1.82) is 0 Å². The monoisotopic (exact) mass is 441 g/mol. The molecular formula is C18H17ClFN3O5S. The summed E-state index contributed by atoms with van der Waals surface area (Å²) in [5, 5.41) is 10.9. The van der Waals surface area contributed by atoms with Crippen LogP contribution < -0.4 is 0 Å². The summed E-state index contributed by atoms with van der Waals surface area (Å²) >= 11 is 6.00. The summed E-state index contributed by atoms with van der Waals surface area (Å²) in [6.07, 6.45) is -3.07. The van der Waals surface area contributed by atoms with Crippen LogP contribution in [0.2, 0.25) is 5.15 Å². The molecule has 1 aliphatic heterocycles. The van der Waals surface area contributed by atoms with E-state index < -0.39 is 41.3 Å². The Morgan fingerprint density at radius 2 is 2.00 bits per heavy atom. The number of aliphatic hydroxyl groups excluding tert-OH is 1. The number of ether oxygens (including phenoxy) is 1. The molecule has 1 N–H and O–H groups in total. The van der Waals surface area contributed by atoms with Crippen LogP contribution in [0.5, 0.6) is 0 Å². The molecule has 3 heterocycles. The summed E-state index contributed by atoms with van der Waals surface area (Å²) in [6.45, 7) is 1.29. The number of aryl methyl sites for hydroxylation is 1. The van der Waals surface area contributed by atoms with Crippen molar-refractivity contribution >= 4 is 32.8 Å². The molecule has 0 bridgehead atoms. The van der Waals surface area contributed by atoms with Crippen molar-refractivity contribution in [2.45, 2.75) is 36.4 Å². The third-order valence-electron chi connectivity index (χ3n) is 4.73. The van der Waals surface area contributed by atoms with Gasteiger partial charge in [-0.25, -0.2) is 14.4 Å². The highest BCUT2D eigenvalue weighted by atomic mass is 35.5. The van der Waals surface area contributed by atoms with E-state index in [9.17, 15) is 17.9 Å². The molecule has 0 unspecified atom stereocenters. The SMILES string of the molecule is Cc1ccc(S(=O)(=O)OC[C@H]2O[C@@H](n3ccc4c(Cl)ncnc43)[C@@H](F)[C@@H]2O)cc1. The highest BCUT2D eigenvalue weighted by Crippen LogP contribution is 2.35. The quantitative estimate of drug-likeness (QED) is 0.479. The first kappa shape index (κ1) is 20.2. The predicted molar refractivity (Wildman–Crippen MR) is 102 cm³/mol. The van der Waals surface area contributed by atoms with E-state index in [0.717, 1.165) is 5.56 Å². The fourth-order valence-electron chi connectivity index (χ4n) is 3.14. The molecule has 0 radical (unpaired) electrons. The zero-order valence-electron chi connectivity index (χ0n) is 15.1. The first-order chi connectivity index (χ1) is 13.8. The average Bonchev–Trinajstić information content (AvgIpc) is 3.24. The van der Waals surface area contributed by atoms with Gasteiger partial charge in [0.1, 0.15) is 29.3 Å². The van der Waals surface area contributed by atoms with Crippen LogP contribution in [0, 0.1) is 6.92 Å². The molecule has 0 spiro atoms. The molecule has 2 aromatic heterocycles. The number of benzene rings is 1. The summed E-state index contributed by atoms with van der Waals surface area (Å²) in [4.78, 5) is 7.90. The summed E-state index contributed by atoms with van der Waals surface area (Å²) < 4.78 is 51.3. The lowest BCUT2D eigenvalue weighted by Crippen LogP contribution is -2.32. The normalized spacial score (nSPS) is 25.0. The predicted octanol–water partition coefficient (Wildman–Crippen LogP) is 2.40. The first-order valence-corrected chi connectivity index (χ1v) is 10.5. The Balaban J connectivity index is 1.51. The minimum atomic E-state index is -4.08. The molecule has 8 nitrogen and oxygen atoms in total. The average molecular weight is 442 g/mol. The van der Waals surface area contributed by atoms with Gasteiger partial charge < -0.3 is 14.4 Å². The van der Waals surface area contributed by atoms with Gasteiger partial charge in [-0.1, -0.05) is 29.3 Å². The molecule has 1 aliphatic rings. The van der Waals surface area contributed by atoms with E-state index in [2.05, 4.69) is 9.97 Å². The smallest absolute Gasteiger partial charge is 0.297 e. The van der Waals surface area contributed by atoms with E-state index in [-0.39, 0.29) is 10.0 Å². The van der Waals surface area contributed by atoms with Crippen LogP contribution in [-0.4, -0.2) is 53.0 Å². The largest absolute Gasteiger partial charge is 0.387 e. The number of fused-ring (bicyclic) bond motifs is 1. The summed E-state index contributed by atoms with van der Waals surface area (Å²) in [5.74, 6) is 0. The molecule has 11 heteroatoms. The maximum Gasteiger partial charge on any atom is 0.297 e. The number of aliphatic hydroxyl groups is 1. The molecule has 29 heavy (non-hydrogen) atoms. The number of halogens is 2. The van der Waals surface area contributed by atoms with Gasteiger partial charge in [-0.15, -0.1) is 0 Å². The number of nitrogens with zero attached hydrogens (tertiary/aromatic N) is 3. The first-order valence-electron chi connectivity index (χ1n) is 8.68. The van der Waals surface area contributed by atoms with E-state index in [1.807, 2.05) is 6.92 Å². The lowest BCUT2D eigenvalue weighted by atomic mass is 10.1. The minimum Gasteiger partial charge on any atom is -0.387 e. The van der Waals surface area contributed by atoms with Gasteiger partial charge >= 0.3 is 0 Å². The number of hydrogen-bond donors (Lipinski definition) is 1. The van der Waals surface area contributed by atoms with Crippen molar-refractivity contribution in [3.8, 4) is 0 Å². The Morgan fingerprint density at radius 3 is 2.72 bits per heavy atom. The summed E-state index contributed by atoms with van der Waals surface area (Å²) in [5.41, 5.74) is 1.23. The molecule has 1 aromatic carbocycles. The van der Waals surface area contributed by atoms with Crippen molar-refractivity contribution in [2.75, 3.05) is 6.61 Å². The van der Waals surface area contributed by atoms with Gasteiger partial charge in [0.15, 0.2) is 12.4 Å². The van der Waals surface area contributed by atoms with Gasteiger partial charge in [-0.05, 0) is 25.1 Å². The fourth-order valence-corrected chi connectivity index (χ4v) is 4.25. The van der Waals surface area contributed by atoms with Crippen molar-refractivity contribution < 1.29 is 26.8 Å². The molecule has 3 aromatic rings. The zero-order valence-corrected chi connectivity index (χ0v) is 16.7. The second-order valence-corrected chi connectivity index (χ2v) is 8.65. The number of aromatic nitrogens is 3.